The van der Waals surface area contributed by atoms with Crippen LogP contribution < -0.4 is 11.1 Å². The number of primary amides is 1. The smallest absolute Gasteiger partial charge is 0.369 e. The summed E-state index contributed by atoms with van der Waals surface area (Å²) in [5, 5.41) is 2.08. The number of amides is 2. The van der Waals surface area contributed by atoms with Gasteiger partial charge >= 0.3 is 12.4 Å². The number of nitrogens with zero attached hydrogens (tertiary/aromatic N) is 1. The zero-order valence-electron chi connectivity index (χ0n) is 14.0. The summed E-state index contributed by atoms with van der Waals surface area (Å²) in [6.45, 7) is 0.526. The first-order valence-corrected chi connectivity index (χ1v) is 7.97. The first kappa shape index (κ1) is 21.0. The van der Waals surface area contributed by atoms with Crippen LogP contribution in [0.2, 0.25) is 0 Å². The van der Waals surface area contributed by atoms with Crippen LogP contribution in [0, 0.1) is 5.92 Å². The summed E-state index contributed by atoms with van der Waals surface area (Å²) >= 11 is 0. The van der Waals surface area contributed by atoms with Crippen molar-refractivity contribution < 1.29 is 35.9 Å². The van der Waals surface area contributed by atoms with E-state index in [9.17, 15) is 35.9 Å². The third kappa shape index (κ3) is 5.84. The number of benzene rings is 1. The molecule has 2 rings (SSSR count). The van der Waals surface area contributed by atoms with Gasteiger partial charge in [0.25, 0.3) is 0 Å². The Labute approximate surface area is 150 Å². The molecule has 1 saturated heterocycles. The number of nitrogens with two attached hydrogens (primary N) is 1. The number of nitrogens with one attached hydrogen (secondary N) is 1. The molecule has 5 nitrogen and oxygen atoms in total. The lowest BCUT2D eigenvalue weighted by molar-refractivity contribution is -0.143. The second kappa shape index (κ2) is 7.75. The van der Waals surface area contributed by atoms with E-state index in [1.54, 1.807) is 4.90 Å². The van der Waals surface area contributed by atoms with Crippen molar-refractivity contribution in [1.29, 1.82) is 0 Å². The number of carbonyl (C=O) groups excluding carboxylic acids is 2. The fourth-order valence-electron chi connectivity index (χ4n) is 2.81. The van der Waals surface area contributed by atoms with E-state index in [1.165, 1.54) is 0 Å². The van der Waals surface area contributed by atoms with E-state index in [0.29, 0.717) is 38.1 Å². The number of carbonyl (C=O) groups is 2. The Bertz CT molecular complexity index is 677. The van der Waals surface area contributed by atoms with Crippen LogP contribution in [0.4, 0.5) is 32.0 Å². The molecule has 1 aliphatic rings. The van der Waals surface area contributed by atoms with Crippen LogP contribution >= 0.6 is 0 Å². The minimum atomic E-state index is -4.99. The Kier molecular flexibility index (Phi) is 6.03. The van der Waals surface area contributed by atoms with Gasteiger partial charge in [-0.25, -0.2) is 0 Å². The van der Waals surface area contributed by atoms with Crippen LogP contribution in [0.1, 0.15) is 24.0 Å². The van der Waals surface area contributed by atoms with Crippen molar-refractivity contribution in [3.05, 3.63) is 29.3 Å². The third-order valence-corrected chi connectivity index (χ3v) is 4.23. The minimum absolute atomic E-state index is 0.00966. The number of rotatable bonds is 4. The maximum atomic E-state index is 12.8. The standard InChI is InChI=1S/C16H17F6N3O2/c17-15(18,19)10-5-11(16(20,21)22)7-12(6-10)24-13(26)8-25-3-1-9(2-4-25)14(23)27/h5-7,9H,1-4,8H2,(H2,23,27)(H,24,26). The summed E-state index contributed by atoms with van der Waals surface area (Å²) in [6, 6.07) is 0.892. The molecule has 0 radical (unpaired) electrons. The largest absolute Gasteiger partial charge is 0.416 e. The summed E-state index contributed by atoms with van der Waals surface area (Å²) < 4.78 is 76.9. The monoisotopic (exact) mass is 397 g/mol. The number of hydrogen-bond donors (Lipinski definition) is 2. The molecule has 0 aromatic heterocycles. The zero-order chi connectivity index (χ0) is 20.4. The van der Waals surface area contributed by atoms with E-state index in [1.807, 2.05) is 0 Å². The lowest BCUT2D eigenvalue weighted by Gasteiger charge is -2.29. The van der Waals surface area contributed by atoms with E-state index in [2.05, 4.69) is 5.32 Å². The molecule has 27 heavy (non-hydrogen) atoms. The number of alkyl halides is 6. The molecule has 0 aliphatic carbocycles. The maximum absolute atomic E-state index is 12.8. The lowest BCUT2D eigenvalue weighted by atomic mass is 9.96. The van der Waals surface area contributed by atoms with Gasteiger partial charge in [0.05, 0.1) is 17.7 Å². The lowest BCUT2D eigenvalue weighted by Crippen LogP contribution is -2.42. The number of halogens is 6. The van der Waals surface area contributed by atoms with Crippen molar-refractivity contribution in [3.8, 4) is 0 Å². The Morgan fingerprint density at radius 3 is 1.89 bits per heavy atom. The van der Waals surface area contributed by atoms with Crippen molar-refractivity contribution >= 4 is 17.5 Å². The van der Waals surface area contributed by atoms with Crippen molar-refractivity contribution in [1.82, 2.24) is 4.90 Å². The average molecular weight is 397 g/mol. The molecule has 1 heterocycles. The van der Waals surface area contributed by atoms with Crippen LogP contribution in [-0.2, 0) is 21.9 Å². The summed E-state index contributed by atoms with van der Waals surface area (Å²) in [5.74, 6) is -1.50. The number of anilines is 1. The second-order valence-corrected chi connectivity index (χ2v) is 6.30. The summed E-state index contributed by atoms with van der Waals surface area (Å²) in [6.07, 6.45) is -9.11. The van der Waals surface area contributed by atoms with Crippen LogP contribution in [0.15, 0.2) is 18.2 Å². The first-order chi connectivity index (χ1) is 12.4. The van der Waals surface area contributed by atoms with E-state index in [-0.39, 0.29) is 18.5 Å². The van der Waals surface area contributed by atoms with E-state index < -0.39 is 41.0 Å². The van der Waals surface area contributed by atoms with Gasteiger partial charge in [0.2, 0.25) is 11.8 Å². The summed E-state index contributed by atoms with van der Waals surface area (Å²) in [4.78, 5) is 24.7. The molecule has 0 atom stereocenters. The van der Waals surface area contributed by atoms with Crippen molar-refractivity contribution in [2.45, 2.75) is 25.2 Å². The van der Waals surface area contributed by atoms with Gasteiger partial charge < -0.3 is 11.1 Å². The topological polar surface area (TPSA) is 75.4 Å². The van der Waals surface area contributed by atoms with Crippen LogP contribution in [0.3, 0.4) is 0 Å². The fourth-order valence-corrected chi connectivity index (χ4v) is 2.81. The molecule has 0 unspecified atom stereocenters. The second-order valence-electron chi connectivity index (χ2n) is 6.30. The molecule has 11 heteroatoms. The third-order valence-electron chi connectivity index (χ3n) is 4.23. The molecule has 1 fully saturated rings. The van der Waals surface area contributed by atoms with Crippen molar-refractivity contribution in [2.75, 3.05) is 25.0 Å². The minimum Gasteiger partial charge on any atom is -0.369 e. The Morgan fingerprint density at radius 2 is 1.48 bits per heavy atom. The molecule has 1 aliphatic heterocycles. The van der Waals surface area contributed by atoms with Gasteiger partial charge in [0, 0.05) is 11.6 Å². The zero-order valence-corrected chi connectivity index (χ0v) is 14.0. The predicted octanol–water partition coefficient (Wildman–Crippen LogP) is 2.86. The van der Waals surface area contributed by atoms with Crippen molar-refractivity contribution in [3.63, 3.8) is 0 Å². The molecular weight excluding hydrogens is 380 g/mol. The van der Waals surface area contributed by atoms with E-state index in [4.69, 9.17) is 5.73 Å². The van der Waals surface area contributed by atoms with Gasteiger partial charge in [-0.3, -0.25) is 14.5 Å². The molecule has 0 saturated carbocycles. The molecule has 1 aromatic carbocycles. The molecular formula is C16H17F6N3O2. The normalized spacial score (nSPS) is 17.0. The Morgan fingerprint density at radius 1 is 1.00 bits per heavy atom. The SMILES string of the molecule is NC(=O)C1CCN(CC(=O)Nc2cc(C(F)(F)F)cc(C(F)(F)F)c2)CC1. The van der Waals surface area contributed by atoms with Crippen LogP contribution in [-0.4, -0.2) is 36.3 Å². The highest BCUT2D eigenvalue weighted by Gasteiger charge is 2.37. The average Bonchev–Trinajstić information content (AvgIpc) is 2.53. The van der Waals surface area contributed by atoms with Gasteiger partial charge in [-0.2, -0.15) is 26.3 Å². The molecule has 150 valence electrons. The van der Waals surface area contributed by atoms with Crippen molar-refractivity contribution in [2.24, 2.45) is 11.7 Å². The quantitative estimate of drug-likeness (QED) is 0.768. The van der Waals surface area contributed by atoms with Gasteiger partial charge in [-0.15, -0.1) is 0 Å². The number of hydrogen-bond acceptors (Lipinski definition) is 3. The van der Waals surface area contributed by atoms with Gasteiger partial charge in [-0.05, 0) is 44.1 Å². The van der Waals surface area contributed by atoms with Gasteiger partial charge in [-0.1, -0.05) is 0 Å². The number of piperidine rings is 1. The maximum Gasteiger partial charge on any atom is 0.416 e. The molecule has 1 aromatic rings. The van der Waals surface area contributed by atoms with Gasteiger partial charge in [0.15, 0.2) is 0 Å². The predicted molar refractivity (Wildman–Crippen MR) is 83.4 cm³/mol. The molecule has 0 spiro atoms. The van der Waals surface area contributed by atoms with Crippen LogP contribution in [0.25, 0.3) is 0 Å². The van der Waals surface area contributed by atoms with E-state index in [0.717, 1.165) is 0 Å². The highest BCUT2D eigenvalue weighted by Crippen LogP contribution is 2.37. The highest BCUT2D eigenvalue weighted by molar-refractivity contribution is 5.92. The molecule has 2 amide bonds. The Balaban J connectivity index is 2.08. The molecule has 3 N–H and O–H groups in total. The molecule has 0 bridgehead atoms. The van der Waals surface area contributed by atoms with E-state index >= 15 is 0 Å². The summed E-state index contributed by atoms with van der Waals surface area (Å²) in [5.41, 5.74) is 1.60. The Hall–Kier alpha value is -2.30. The number of likely N-dealkylation sites (tertiary alicyclic amines) is 1. The van der Waals surface area contributed by atoms with Crippen LogP contribution in [0.5, 0.6) is 0 Å². The van der Waals surface area contributed by atoms with Gasteiger partial charge in [0.1, 0.15) is 0 Å². The fraction of sp³-hybridized carbons (Fsp3) is 0.500. The highest BCUT2D eigenvalue weighted by atomic mass is 19.4. The first-order valence-electron chi connectivity index (χ1n) is 7.97. The summed E-state index contributed by atoms with van der Waals surface area (Å²) in [7, 11) is 0.